The van der Waals surface area contributed by atoms with E-state index in [4.69, 9.17) is 5.26 Å². The summed E-state index contributed by atoms with van der Waals surface area (Å²) in [5.41, 5.74) is 1.79. The van der Waals surface area contributed by atoms with Crippen LogP contribution in [0.2, 0.25) is 0 Å². The first-order valence-corrected chi connectivity index (χ1v) is 10.1. The van der Waals surface area contributed by atoms with Crippen LogP contribution in [0.25, 0.3) is 0 Å². The van der Waals surface area contributed by atoms with Crippen LogP contribution < -0.4 is 5.32 Å². The molecule has 5 nitrogen and oxygen atoms in total. The Balaban J connectivity index is 1.92. The maximum atomic E-state index is 12.2. The zero-order valence-electron chi connectivity index (χ0n) is 14.9. The fourth-order valence-electron chi connectivity index (χ4n) is 2.54. The normalized spacial score (nSPS) is 11.6. The largest absolute Gasteiger partial charge is 0.354 e. The van der Waals surface area contributed by atoms with E-state index < -0.39 is 21.5 Å². The number of carbonyl (C=O) groups is 1. The van der Waals surface area contributed by atoms with Crippen LogP contribution in [-0.4, -0.2) is 26.6 Å². The van der Waals surface area contributed by atoms with Gasteiger partial charge in [0.05, 0.1) is 17.4 Å². The molecule has 0 spiro atoms. The third-order valence-electron chi connectivity index (χ3n) is 4.10. The third-order valence-corrected chi connectivity index (χ3v) is 5.58. The SMILES string of the molecule is CC(C)(CNC(=O)CS(=O)(=O)Cc1ccc(C#N)cc1)c1ccccc1. The van der Waals surface area contributed by atoms with Gasteiger partial charge in [-0.05, 0) is 23.3 Å². The molecule has 136 valence electrons. The van der Waals surface area contributed by atoms with Crippen molar-refractivity contribution in [3.63, 3.8) is 0 Å². The van der Waals surface area contributed by atoms with Crippen molar-refractivity contribution < 1.29 is 13.2 Å². The second-order valence-electron chi connectivity index (χ2n) is 6.87. The lowest BCUT2D eigenvalue weighted by Gasteiger charge is -2.25. The van der Waals surface area contributed by atoms with E-state index in [2.05, 4.69) is 5.32 Å². The summed E-state index contributed by atoms with van der Waals surface area (Å²) in [6.45, 7) is 4.34. The minimum Gasteiger partial charge on any atom is -0.354 e. The minimum absolute atomic E-state index is 0.228. The molecule has 0 bridgehead atoms. The second-order valence-corrected chi connectivity index (χ2v) is 8.93. The number of carbonyl (C=O) groups excluding carboxylic acids is 1. The first-order chi connectivity index (χ1) is 12.2. The van der Waals surface area contributed by atoms with Crippen molar-refractivity contribution in [2.24, 2.45) is 0 Å². The molecule has 0 heterocycles. The van der Waals surface area contributed by atoms with E-state index in [0.29, 0.717) is 17.7 Å². The molecule has 2 rings (SSSR count). The molecule has 6 heteroatoms. The van der Waals surface area contributed by atoms with Gasteiger partial charge < -0.3 is 5.32 Å². The van der Waals surface area contributed by atoms with Crippen LogP contribution in [0.4, 0.5) is 0 Å². The highest BCUT2D eigenvalue weighted by Crippen LogP contribution is 2.21. The molecular weight excluding hydrogens is 348 g/mol. The van der Waals surface area contributed by atoms with Gasteiger partial charge in [-0.1, -0.05) is 56.3 Å². The fourth-order valence-corrected chi connectivity index (χ4v) is 3.85. The van der Waals surface area contributed by atoms with Gasteiger partial charge in [-0.2, -0.15) is 5.26 Å². The highest BCUT2D eigenvalue weighted by Gasteiger charge is 2.23. The molecule has 0 unspecified atom stereocenters. The highest BCUT2D eigenvalue weighted by molar-refractivity contribution is 7.91. The van der Waals surface area contributed by atoms with Gasteiger partial charge >= 0.3 is 0 Å². The van der Waals surface area contributed by atoms with Crippen LogP contribution in [0.5, 0.6) is 0 Å². The van der Waals surface area contributed by atoms with E-state index in [1.54, 1.807) is 24.3 Å². The van der Waals surface area contributed by atoms with Crippen LogP contribution in [0.1, 0.15) is 30.5 Å². The molecule has 0 aromatic heterocycles. The van der Waals surface area contributed by atoms with Gasteiger partial charge in [-0.15, -0.1) is 0 Å². The summed E-state index contributed by atoms with van der Waals surface area (Å²) in [5.74, 6) is -1.30. The molecular formula is C20H22N2O3S. The Morgan fingerprint density at radius 2 is 1.69 bits per heavy atom. The topological polar surface area (TPSA) is 87.0 Å². The number of hydrogen-bond acceptors (Lipinski definition) is 4. The van der Waals surface area contributed by atoms with Crippen LogP contribution >= 0.6 is 0 Å². The molecule has 2 aromatic carbocycles. The molecule has 0 aliphatic carbocycles. The monoisotopic (exact) mass is 370 g/mol. The molecule has 1 amide bonds. The van der Waals surface area contributed by atoms with Gasteiger partial charge in [-0.25, -0.2) is 8.42 Å². The Morgan fingerprint density at radius 3 is 2.27 bits per heavy atom. The van der Waals surface area contributed by atoms with Gasteiger partial charge in [0.1, 0.15) is 5.75 Å². The number of nitrogens with one attached hydrogen (secondary N) is 1. The Hall–Kier alpha value is -2.65. The minimum atomic E-state index is -3.58. The van der Waals surface area contributed by atoms with E-state index in [1.165, 1.54) is 0 Å². The first kappa shape index (κ1) is 19.7. The van der Waals surface area contributed by atoms with Crippen molar-refractivity contribution >= 4 is 15.7 Å². The Kier molecular flexibility index (Phi) is 6.17. The van der Waals surface area contributed by atoms with Crippen LogP contribution in [0.3, 0.4) is 0 Å². The van der Waals surface area contributed by atoms with Gasteiger partial charge in [-0.3, -0.25) is 4.79 Å². The molecule has 0 atom stereocenters. The van der Waals surface area contributed by atoms with Gasteiger partial charge in [0.2, 0.25) is 5.91 Å². The summed E-state index contributed by atoms with van der Waals surface area (Å²) in [7, 11) is -3.58. The van der Waals surface area contributed by atoms with Crippen molar-refractivity contribution in [1.29, 1.82) is 5.26 Å². The lowest BCUT2D eigenvalue weighted by Crippen LogP contribution is -2.39. The fraction of sp³-hybridized carbons (Fsp3) is 0.300. The lowest BCUT2D eigenvalue weighted by atomic mass is 9.85. The van der Waals surface area contributed by atoms with Crippen LogP contribution in [0, 0.1) is 11.3 Å². The zero-order valence-corrected chi connectivity index (χ0v) is 15.7. The number of sulfone groups is 1. The predicted molar refractivity (Wildman–Crippen MR) is 101 cm³/mol. The maximum Gasteiger partial charge on any atom is 0.235 e. The molecule has 1 N–H and O–H groups in total. The first-order valence-electron chi connectivity index (χ1n) is 8.23. The van der Waals surface area contributed by atoms with E-state index in [9.17, 15) is 13.2 Å². The quantitative estimate of drug-likeness (QED) is 0.811. The predicted octanol–water partition coefficient (Wildman–Crippen LogP) is 2.57. The average Bonchev–Trinajstić information content (AvgIpc) is 2.61. The van der Waals surface area contributed by atoms with Crippen LogP contribution in [-0.2, 0) is 25.8 Å². The molecule has 0 saturated heterocycles. The van der Waals surface area contributed by atoms with E-state index in [1.807, 2.05) is 50.2 Å². The summed E-state index contributed by atoms with van der Waals surface area (Å²) in [6, 6.07) is 18.0. The maximum absolute atomic E-state index is 12.2. The Bertz CT molecular complexity index is 896. The number of nitriles is 1. The smallest absolute Gasteiger partial charge is 0.235 e. The third kappa shape index (κ3) is 5.71. The lowest BCUT2D eigenvalue weighted by molar-refractivity contribution is -0.118. The van der Waals surface area contributed by atoms with Crippen molar-refractivity contribution in [3.05, 3.63) is 71.3 Å². The van der Waals surface area contributed by atoms with E-state index in [0.717, 1.165) is 5.56 Å². The average molecular weight is 370 g/mol. The molecule has 0 aliphatic rings. The highest BCUT2D eigenvalue weighted by atomic mass is 32.2. The number of nitrogens with zero attached hydrogens (tertiary/aromatic N) is 1. The van der Waals surface area contributed by atoms with E-state index >= 15 is 0 Å². The summed E-state index contributed by atoms with van der Waals surface area (Å²) >= 11 is 0. The molecule has 0 saturated carbocycles. The van der Waals surface area contributed by atoms with Crippen molar-refractivity contribution in [2.45, 2.75) is 25.0 Å². The summed E-state index contributed by atoms with van der Waals surface area (Å²) in [6.07, 6.45) is 0. The van der Waals surface area contributed by atoms with Crippen molar-refractivity contribution in [2.75, 3.05) is 12.3 Å². The molecule has 2 aromatic rings. The summed E-state index contributed by atoms with van der Waals surface area (Å²) < 4.78 is 24.5. The number of amides is 1. The molecule has 0 radical (unpaired) electrons. The molecule has 0 aliphatic heterocycles. The number of benzene rings is 2. The second kappa shape index (κ2) is 8.15. The van der Waals surface area contributed by atoms with E-state index in [-0.39, 0.29) is 11.2 Å². The number of hydrogen-bond donors (Lipinski definition) is 1. The summed E-state index contributed by atoms with van der Waals surface area (Å²) in [4.78, 5) is 12.1. The Morgan fingerprint density at radius 1 is 1.08 bits per heavy atom. The van der Waals surface area contributed by atoms with Crippen molar-refractivity contribution in [1.82, 2.24) is 5.32 Å². The van der Waals surface area contributed by atoms with Gasteiger partial charge in [0.25, 0.3) is 0 Å². The van der Waals surface area contributed by atoms with Gasteiger partial charge in [0.15, 0.2) is 9.84 Å². The van der Waals surface area contributed by atoms with Crippen molar-refractivity contribution in [3.8, 4) is 6.07 Å². The molecule has 0 fully saturated rings. The zero-order chi connectivity index (χ0) is 19.2. The number of rotatable bonds is 7. The standard InChI is InChI=1S/C20H22N2O3S/c1-20(2,18-6-4-3-5-7-18)15-22-19(23)14-26(24,25)13-17-10-8-16(12-21)9-11-17/h3-11H,13-15H2,1-2H3,(H,22,23). The van der Waals surface area contributed by atoms with Crippen LogP contribution in [0.15, 0.2) is 54.6 Å². The summed E-state index contributed by atoms with van der Waals surface area (Å²) in [5, 5.41) is 11.5. The van der Waals surface area contributed by atoms with Gasteiger partial charge in [0, 0.05) is 12.0 Å². The molecule has 26 heavy (non-hydrogen) atoms. The Labute approximate surface area is 154 Å².